The first-order valence-electron chi connectivity index (χ1n) is 6.81. The Morgan fingerprint density at radius 3 is 2.94 bits per heavy atom. The van der Waals surface area contributed by atoms with E-state index in [1.54, 1.807) is 0 Å². The van der Waals surface area contributed by atoms with Gasteiger partial charge in [0.15, 0.2) is 0 Å². The summed E-state index contributed by atoms with van der Waals surface area (Å²) in [7, 11) is 0. The minimum Gasteiger partial charge on any atom is -0.311 e. The Morgan fingerprint density at radius 1 is 1.41 bits per heavy atom. The predicted molar refractivity (Wildman–Crippen MR) is 75.2 cm³/mol. The van der Waals surface area contributed by atoms with Crippen LogP contribution in [0.3, 0.4) is 0 Å². The SMILES string of the molecule is CCCNC(C)/C=C/c1cccc(C2CC2)c1. The van der Waals surface area contributed by atoms with Crippen LogP contribution in [0.4, 0.5) is 0 Å². The molecular weight excluding hydrogens is 206 g/mol. The highest BCUT2D eigenvalue weighted by atomic mass is 14.9. The monoisotopic (exact) mass is 229 g/mol. The molecule has 0 radical (unpaired) electrons. The first-order valence-corrected chi connectivity index (χ1v) is 6.81. The van der Waals surface area contributed by atoms with Crippen LogP contribution in [0.1, 0.15) is 50.2 Å². The average molecular weight is 229 g/mol. The maximum absolute atomic E-state index is 3.47. The standard InChI is InChI=1S/C16H23N/c1-3-11-17-13(2)7-8-14-5-4-6-16(12-14)15-9-10-15/h4-8,12-13,15,17H,3,9-11H2,1-2H3/b8-7+. The Bertz CT molecular complexity index is 377. The number of hydrogen-bond acceptors (Lipinski definition) is 1. The molecule has 0 aromatic heterocycles. The maximum atomic E-state index is 3.47. The number of benzene rings is 1. The Balaban J connectivity index is 1.92. The Kier molecular flexibility index (Phi) is 4.38. The van der Waals surface area contributed by atoms with Gasteiger partial charge in [0.1, 0.15) is 0 Å². The van der Waals surface area contributed by atoms with E-state index in [9.17, 15) is 0 Å². The molecule has 0 saturated heterocycles. The third-order valence-electron chi connectivity index (χ3n) is 3.25. The molecule has 1 heteroatoms. The summed E-state index contributed by atoms with van der Waals surface area (Å²) >= 11 is 0. The van der Waals surface area contributed by atoms with Crippen LogP contribution in [-0.4, -0.2) is 12.6 Å². The van der Waals surface area contributed by atoms with Crippen LogP contribution in [0.2, 0.25) is 0 Å². The van der Waals surface area contributed by atoms with Crippen molar-refractivity contribution < 1.29 is 0 Å². The molecule has 1 aromatic carbocycles. The van der Waals surface area contributed by atoms with E-state index in [4.69, 9.17) is 0 Å². The van der Waals surface area contributed by atoms with Gasteiger partial charge in [-0.15, -0.1) is 0 Å². The molecular formula is C16H23N. The molecule has 1 fully saturated rings. The lowest BCUT2D eigenvalue weighted by atomic mass is 10.1. The minimum atomic E-state index is 0.458. The van der Waals surface area contributed by atoms with Gasteiger partial charge in [-0.1, -0.05) is 43.3 Å². The van der Waals surface area contributed by atoms with E-state index in [1.165, 1.54) is 30.4 Å². The summed E-state index contributed by atoms with van der Waals surface area (Å²) in [5.74, 6) is 0.846. The largest absolute Gasteiger partial charge is 0.311 e. The molecule has 1 aliphatic rings. The molecule has 1 saturated carbocycles. The lowest BCUT2D eigenvalue weighted by molar-refractivity contribution is 0.625. The normalized spacial score (nSPS) is 17.5. The van der Waals surface area contributed by atoms with Gasteiger partial charge in [-0.3, -0.25) is 0 Å². The van der Waals surface area contributed by atoms with Crippen LogP contribution < -0.4 is 5.32 Å². The van der Waals surface area contributed by atoms with Crippen molar-refractivity contribution in [3.63, 3.8) is 0 Å². The summed E-state index contributed by atoms with van der Waals surface area (Å²) in [4.78, 5) is 0. The second-order valence-electron chi connectivity index (χ2n) is 5.05. The molecule has 2 rings (SSSR count). The zero-order valence-corrected chi connectivity index (χ0v) is 10.9. The van der Waals surface area contributed by atoms with Gasteiger partial charge >= 0.3 is 0 Å². The van der Waals surface area contributed by atoms with Crippen LogP contribution in [0, 0.1) is 0 Å². The molecule has 0 bridgehead atoms. The molecule has 0 heterocycles. The van der Waals surface area contributed by atoms with Crippen molar-refractivity contribution in [3.05, 3.63) is 41.5 Å². The van der Waals surface area contributed by atoms with Gasteiger partial charge in [0.2, 0.25) is 0 Å². The van der Waals surface area contributed by atoms with E-state index in [0.717, 1.165) is 12.5 Å². The fourth-order valence-corrected chi connectivity index (χ4v) is 2.03. The van der Waals surface area contributed by atoms with E-state index in [-0.39, 0.29) is 0 Å². The lowest BCUT2D eigenvalue weighted by Crippen LogP contribution is -2.24. The van der Waals surface area contributed by atoms with Gasteiger partial charge in [-0.2, -0.15) is 0 Å². The summed E-state index contributed by atoms with van der Waals surface area (Å²) in [5, 5.41) is 3.47. The highest BCUT2D eigenvalue weighted by molar-refractivity contribution is 5.51. The quantitative estimate of drug-likeness (QED) is 0.778. The zero-order valence-electron chi connectivity index (χ0n) is 10.9. The summed E-state index contributed by atoms with van der Waals surface area (Å²) in [6.07, 6.45) is 8.43. The molecule has 17 heavy (non-hydrogen) atoms. The van der Waals surface area contributed by atoms with Crippen LogP contribution >= 0.6 is 0 Å². The van der Waals surface area contributed by atoms with Crippen molar-refractivity contribution in [1.82, 2.24) is 5.32 Å². The fraction of sp³-hybridized carbons (Fsp3) is 0.500. The van der Waals surface area contributed by atoms with E-state index < -0.39 is 0 Å². The summed E-state index contributed by atoms with van der Waals surface area (Å²) < 4.78 is 0. The van der Waals surface area contributed by atoms with E-state index in [1.807, 2.05) is 0 Å². The number of rotatable bonds is 6. The van der Waals surface area contributed by atoms with Crippen molar-refractivity contribution >= 4 is 6.08 Å². The van der Waals surface area contributed by atoms with Crippen molar-refractivity contribution in [2.24, 2.45) is 0 Å². The predicted octanol–water partition coefficient (Wildman–Crippen LogP) is 3.97. The maximum Gasteiger partial charge on any atom is 0.0224 e. The van der Waals surface area contributed by atoms with Crippen LogP contribution in [0.25, 0.3) is 6.08 Å². The second kappa shape index (κ2) is 6.02. The third-order valence-corrected chi connectivity index (χ3v) is 3.25. The van der Waals surface area contributed by atoms with Gasteiger partial charge in [-0.05, 0) is 49.8 Å². The molecule has 1 aromatic rings. The topological polar surface area (TPSA) is 12.0 Å². The molecule has 1 N–H and O–H groups in total. The first kappa shape index (κ1) is 12.4. The molecule has 1 nitrogen and oxygen atoms in total. The smallest absolute Gasteiger partial charge is 0.0224 e. The Morgan fingerprint density at radius 2 is 2.24 bits per heavy atom. The molecule has 1 atom stereocenters. The van der Waals surface area contributed by atoms with E-state index >= 15 is 0 Å². The highest BCUT2D eigenvalue weighted by Gasteiger charge is 2.22. The van der Waals surface area contributed by atoms with Crippen LogP contribution in [-0.2, 0) is 0 Å². The number of hydrogen-bond donors (Lipinski definition) is 1. The Hall–Kier alpha value is -1.08. The lowest BCUT2D eigenvalue weighted by Gasteiger charge is -2.07. The molecule has 1 unspecified atom stereocenters. The van der Waals surface area contributed by atoms with Gasteiger partial charge < -0.3 is 5.32 Å². The van der Waals surface area contributed by atoms with Gasteiger partial charge in [-0.25, -0.2) is 0 Å². The number of nitrogens with one attached hydrogen (secondary N) is 1. The van der Waals surface area contributed by atoms with E-state index in [0.29, 0.717) is 6.04 Å². The molecule has 0 aliphatic heterocycles. The summed E-state index contributed by atoms with van der Waals surface area (Å²) in [6.45, 7) is 5.49. The van der Waals surface area contributed by atoms with Crippen molar-refractivity contribution in [2.45, 2.75) is 45.1 Å². The highest BCUT2D eigenvalue weighted by Crippen LogP contribution is 2.40. The van der Waals surface area contributed by atoms with Crippen LogP contribution in [0.5, 0.6) is 0 Å². The molecule has 0 amide bonds. The third kappa shape index (κ3) is 4.01. The van der Waals surface area contributed by atoms with Gasteiger partial charge in [0, 0.05) is 6.04 Å². The second-order valence-corrected chi connectivity index (χ2v) is 5.05. The fourth-order valence-electron chi connectivity index (χ4n) is 2.03. The molecule has 1 aliphatic carbocycles. The van der Waals surface area contributed by atoms with Crippen LogP contribution in [0.15, 0.2) is 30.3 Å². The van der Waals surface area contributed by atoms with Crippen molar-refractivity contribution in [2.75, 3.05) is 6.54 Å². The summed E-state index contributed by atoms with van der Waals surface area (Å²) in [5.41, 5.74) is 2.85. The van der Waals surface area contributed by atoms with Crippen molar-refractivity contribution in [1.29, 1.82) is 0 Å². The van der Waals surface area contributed by atoms with Gasteiger partial charge in [0.25, 0.3) is 0 Å². The zero-order chi connectivity index (χ0) is 12.1. The van der Waals surface area contributed by atoms with E-state index in [2.05, 4.69) is 55.6 Å². The Labute approximate surface area is 105 Å². The average Bonchev–Trinajstić information content (AvgIpc) is 3.18. The minimum absolute atomic E-state index is 0.458. The van der Waals surface area contributed by atoms with Crippen molar-refractivity contribution in [3.8, 4) is 0 Å². The molecule has 92 valence electrons. The summed E-state index contributed by atoms with van der Waals surface area (Å²) in [6, 6.07) is 9.42. The molecule has 0 spiro atoms. The van der Waals surface area contributed by atoms with Gasteiger partial charge in [0.05, 0.1) is 0 Å². The first-order chi connectivity index (χ1) is 8.29.